The third-order valence-corrected chi connectivity index (χ3v) is 4.17. The van der Waals surface area contributed by atoms with Crippen molar-refractivity contribution in [3.63, 3.8) is 0 Å². The fourth-order valence-corrected chi connectivity index (χ4v) is 3.04. The first-order valence-corrected chi connectivity index (χ1v) is 7.26. The minimum absolute atomic E-state index is 0.215. The molecule has 4 aromatic rings. The van der Waals surface area contributed by atoms with Crippen LogP contribution in [0, 0.1) is 0 Å². The van der Waals surface area contributed by atoms with E-state index >= 15 is 0 Å². The number of nitrogens with one attached hydrogen (secondary N) is 1. The zero-order chi connectivity index (χ0) is 14.2. The van der Waals surface area contributed by atoms with Crippen molar-refractivity contribution in [3.05, 3.63) is 51.3 Å². The molecule has 0 amide bonds. The smallest absolute Gasteiger partial charge is 0.265 e. The first-order chi connectivity index (χ1) is 10.3. The van der Waals surface area contributed by atoms with E-state index in [0.717, 1.165) is 17.8 Å². The van der Waals surface area contributed by atoms with Crippen LogP contribution < -0.4 is 5.56 Å². The molecule has 0 unspecified atom stereocenters. The van der Waals surface area contributed by atoms with Crippen LogP contribution in [0.15, 0.2) is 35.1 Å². The van der Waals surface area contributed by atoms with Gasteiger partial charge in [-0.3, -0.25) is 4.79 Å². The van der Waals surface area contributed by atoms with Crippen LogP contribution in [0.3, 0.4) is 0 Å². The largest absolute Gasteiger partial charge is 0.305 e. The summed E-state index contributed by atoms with van der Waals surface area (Å²) >= 11 is 1.41. The Morgan fingerprint density at radius 2 is 2.00 bits per heavy atom. The van der Waals surface area contributed by atoms with Gasteiger partial charge in [-0.1, -0.05) is 41.7 Å². The molecule has 0 aliphatic rings. The summed E-state index contributed by atoms with van der Waals surface area (Å²) in [6, 6.07) is 10.2. The van der Waals surface area contributed by atoms with Crippen LogP contribution in [0.4, 0.5) is 0 Å². The Morgan fingerprint density at radius 1 is 1.14 bits per heavy atom. The van der Waals surface area contributed by atoms with Gasteiger partial charge in [-0.05, 0) is 12.0 Å². The molecule has 8 heteroatoms. The zero-order valence-electron chi connectivity index (χ0n) is 10.9. The third kappa shape index (κ3) is 2.09. The average molecular weight is 298 g/mol. The maximum Gasteiger partial charge on any atom is 0.305 e. The average Bonchev–Trinajstić information content (AvgIpc) is 3.13. The highest BCUT2D eigenvalue weighted by molar-refractivity contribution is 7.16. The molecule has 1 aromatic carbocycles. The van der Waals surface area contributed by atoms with Crippen molar-refractivity contribution in [2.75, 3.05) is 0 Å². The monoisotopic (exact) mass is 298 g/mol. The maximum atomic E-state index is 12.2. The number of aromatic amines is 1. The lowest BCUT2D eigenvalue weighted by atomic mass is 10.1. The van der Waals surface area contributed by atoms with E-state index in [0.29, 0.717) is 10.6 Å². The van der Waals surface area contributed by atoms with Gasteiger partial charge in [0.15, 0.2) is 5.52 Å². The van der Waals surface area contributed by atoms with E-state index < -0.39 is 0 Å². The van der Waals surface area contributed by atoms with Crippen LogP contribution >= 0.6 is 11.3 Å². The van der Waals surface area contributed by atoms with Crippen molar-refractivity contribution in [1.82, 2.24) is 30.0 Å². The fraction of sp³-hybridized carbons (Fsp3) is 0.154. The van der Waals surface area contributed by atoms with Gasteiger partial charge < -0.3 is 0 Å². The summed E-state index contributed by atoms with van der Waals surface area (Å²) < 4.78 is 1.30. The van der Waals surface area contributed by atoms with Crippen LogP contribution in [0.5, 0.6) is 0 Å². The molecule has 21 heavy (non-hydrogen) atoms. The molecular formula is C13H10N6OS. The van der Waals surface area contributed by atoms with Gasteiger partial charge in [-0.15, -0.1) is 10.2 Å². The summed E-state index contributed by atoms with van der Waals surface area (Å²) in [5, 5.41) is 15.3. The Balaban J connectivity index is 1.70. The van der Waals surface area contributed by atoms with Gasteiger partial charge in [-0.2, -0.15) is 19.8 Å². The molecule has 7 nitrogen and oxygen atoms in total. The molecule has 0 fully saturated rings. The molecule has 0 saturated heterocycles. The van der Waals surface area contributed by atoms with E-state index in [1.54, 1.807) is 0 Å². The first kappa shape index (κ1) is 12.2. The summed E-state index contributed by atoms with van der Waals surface area (Å²) in [6.07, 6.45) is 1.65. The molecule has 0 bridgehead atoms. The van der Waals surface area contributed by atoms with Crippen LogP contribution in [0.1, 0.15) is 10.6 Å². The summed E-state index contributed by atoms with van der Waals surface area (Å²) in [5.41, 5.74) is 1.50. The van der Waals surface area contributed by atoms with Crippen molar-refractivity contribution in [1.29, 1.82) is 0 Å². The number of aryl methyl sites for hydroxylation is 2. The second kappa shape index (κ2) is 4.74. The molecule has 0 aliphatic heterocycles. The minimum atomic E-state index is -0.286. The minimum Gasteiger partial charge on any atom is -0.265 e. The van der Waals surface area contributed by atoms with Crippen molar-refractivity contribution in [2.45, 2.75) is 12.8 Å². The molecule has 3 aromatic heterocycles. The number of H-pyrrole nitrogens is 1. The van der Waals surface area contributed by atoms with Gasteiger partial charge in [0.2, 0.25) is 10.6 Å². The molecule has 4 rings (SSSR count). The standard InChI is InChI=1S/C13H10N6OS/c20-12-10-11(16-18-15-10)14-13-19(12)17-9(21-13)7-6-8-4-2-1-3-5-8/h1-5H,6-7H2,(H,15,16,18). The highest BCUT2D eigenvalue weighted by Crippen LogP contribution is 2.15. The summed E-state index contributed by atoms with van der Waals surface area (Å²) in [4.78, 5) is 17.0. The van der Waals surface area contributed by atoms with Crippen LogP contribution in [0.25, 0.3) is 16.1 Å². The topological polar surface area (TPSA) is 88.8 Å². The number of benzene rings is 1. The number of aromatic nitrogens is 6. The molecule has 0 radical (unpaired) electrons. The van der Waals surface area contributed by atoms with Crippen molar-refractivity contribution in [2.24, 2.45) is 0 Å². The molecular weight excluding hydrogens is 288 g/mol. The maximum absolute atomic E-state index is 12.2. The Kier molecular flexibility index (Phi) is 2.74. The third-order valence-electron chi connectivity index (χ3n) is 3.20. The number of nitrogens with zero attached hydrogens (tertiary/aromatic N) is 5. The van der Waals surface area contributed by atoms with E-state index in [1.165, 1.54) is 21.4 Å². The van der Waals surface area contributed by atoms with Crippen LogP contribution in [0.2, 0.25) is 0 Å². The van der Waals surface area contributed by atoms with Gasteiger partial charge in [0.25, 0.3) is 0 Å². The first-order valence-electron chi connectivity index (χ1n) is 6.44. The molecule has 0 saturated carbocycles. The SMILES string of the molecule is O=c1c2n[nH]nc2nc2sc(CCc3ccccc3)nn12. The van der Waals surface area contributed by atoms with Gasteiger partial charge in [0.1, 0.15) is 5.01 Å². The van der Waals surface area contributed by atoms with Gasteiger partial charge in [-0.25, -0.2) is 0 Å². The van der Waals surface area contributed by atoms with E-state index in [-0.39, 0.29) is 11.1 Å². The zero-order valence-corrected chi connectivity index (χ0v) is 11.7. The van der Waals surface area contributed by atoms with Crippen molar-refractivity contribution in [3.8, 4) is 0 Å². The van der Waals surface area contributed by atoms with E-state index in [2.05, 4.69) is 37.6 Å². The fourth-order valence-electron chi connectivity index (χ4n) is 2.16. The molecule has 0 spiro atoms. The Labute approximate surface area is 122 Å². The Morgan fingerprint density at radius 3 is 2.86 bits per heavy atom. The lowest BCUT2D eigenvalue weighted by Gasteiger charge is -1.96. The highest BCUT2D eigenvalue weighted by atomic mass is 32.1. The normalized spacial score (nSPS) is 11.4. The lowest BCUT2D eigenvalue weighted by molar-refractivity contribution is 0.839. The number of hydrogen-bond acceptors (Lipinski definition) is 6. The molecule has 0 atom stereocenters. The van der Waals surface area contributed by atoms with Gasteiger partial charge >= 0.3 is 5.56 Å². The Hall–Kier alpha value is -2.61. The molecule has 1 N–H and O–H groups in total. The van der Waals surface area contributed by atoms with Gasteiger partial charge in [0, 0.05) is 6.42 Å². The predicted octanol–water partition coefficient (Wildman–Crippen LogP) is 1.21. The number of hydrogen-bond donors (Lipinski definition) is 1. The second-order valence-electron chi connectivity index (χ2n) is 4.59. The number of fused-ring (bicyclic) bond motifs is 2. The van der Waals surface area contributed by atoms with Crippen LogP contribution in [-0.4, -0.2) is 30.0 Å². The molecule has 0 aliphatic carbocycles. The van der Waals surface area contributed by atoms with Gasteiger partial charge in [0.05, 0.1) is 0 Å². The lowest BCUT2D eigenvalue weighted by Crippen LogP contribution is -2.15. The van der Waals surface area contributed by atoms with Crippen molar-refractivity contribution >= 4 is 27.5 Å². The number of rotatable bonds is 3. The summed E-state index contributed by atoms with van der Waals surface area (Å²) in [6.45, 7) is 0. The molecule has 104 valence electrons. The van der Waals surface area contributed by atoms with E-state index in [1.807, 2.05) is 18.2 Å². The van der Waals surface area contributed by atoms with E-state index in [4.69, 9.17) is 0 Å². The Bertz CT molecular complexity index is 971. The predicted molar refractivity (Wildman–Crippen MR) is 78.4 cm³/mol. The highest BCUT2D eigenvalue weighted by Gasteiger charge is 2.13. The van der Waals surface area contributed by atoms with Crippen molar-refractivity contribution < 1.29 is 0 Å². The van der Waals surface area contributed by atoms with Crippen LogP contribution in [-0.2, 0) is 12.8 Å². The molecule has 3 heterocycles. The summed E-state index contributed by atoms with van der Waals surface area (Å²) in [7, 11) is 0. The van der Waals surface area contributed by atoms with E-state index in [9.17, 15) is 4.79 Å². The second-order valence-corrected chi connectivity index (χ2v) is 5.63. The summed E-state index contributed by atoms with van der Waals surface area (Å²) in [5.74, 6) is 0. The quantitative estimate of drug-likeness (QED) is 0.614.